The fraction of sp³-hybridized carbons (Fsp3) is 0.500. The van der Waals surface area contributed by atoms with Gasteiger partial charge in [-0.2, -0.15) is 0 Å². The molecule has 0 bridgehead atoms. The van der Waals surface area contributed by atoms with E-state index in [1.165, 1.54) is 0 Å². The summed E-state index contributed by atoms with van der Waals surface area (Å²) in [6, 6.07) is 9.61. The number of hydrogen-bond donors (Lipinski definition) is 1. The molecule has 1 fully saturated rings. The van der Waals surface area contributed by atoms with E-state index in [0.29, 0.717) is 11.5 Å². The molecule has 0 aromatic heterocycles. The van der Waals surface area contributed by atoms with Crippen molar-refractivity contribution in [2.45, 2.75) is 32.8 Å². The zero-order valence-corrected chi connectivity index (χ0v) is 12.6. The molecule has 21 heavy (non-hydrogen) atoms. The van der Waals surface area contributed by atoms with Gasteiger partial charge in [0.15, 0.2) is 0 Å². The predicted octanol–water partition coefficient (Wildman–Crippen LogP) is 2.03. The van der Waals surface area contributed by atoms with Crippen LogP contribution in [0.3, 0.4) is 0 Å². The second kappa shape index (κ2) is 5.85. The highest BCUT2D eigenvalue weighted by Gasteiger charge is 2.46. The molecule has 1 N–H and O–H groups in total. The number of carbonyl (C=O) groups is 2. The monoisotopic (exact) mass is 291 g/mol. The highest BCUT2D eigenvalue weighted by atomic mass is 16.6. The Morgan fingerprint density at radius 2 is 1.95 bits per heavy atom. The van der Waals surface area contributed by atoms with E-state index in [9.17, 15) is 14.8 Å². The molecule has 2 atom stereocenters. The Bertz CT molecular complexity index is 521. The number of amides is 1. The van der Waals surface area contributed by atoms with Crippen LogP contribution in [-0.2, 0) is 20.7 Å². The van der Waals surface area contributed by atoms with E-state index in [-0.39, 0.29) is 12.5 Å². The summed E-state index contributed by atoms with van der Waals surface area (Å²) in [6.07, 6.45) is 0.549. The Balaban J connectivity index is 2.15. The third-order valence-electron chi connectivity index (χ3n) is 3.40. The Kier molecular flexibility index (Phi) is 4.32. The van der Waals surface area contributed by atoms with Crippen molar-refractivity contribution in [1.29, 1.82) is 0 Å². The minimum absolute atomic E-state index is 0.150. The summed E-state index contributed by atoms with van der Waals surface area (Å²) in [5, 5.41) is 10.3. The molecule has 1 aliphatic heterocycles. The Morgan fingerprint density at radius 1 is 1.33 bits per heavy atom. The van der Waals surface area contributed by atoms with Crippen LogP contribution in [0.4, 0.5) is 0 Å². The van der Waals surface area contributed by atoms with Gasteiger partial charge in [0.1, 0.15) is 11.5 Å². The second-order valence-electron chi connectivity index (χ2n) is 6.38. The summed E-state index contributed by atoms with van der Waals surface area (Å²) < 4.78 is 5.31. The third-order valence-corrected chi connectivity index (χ3v) is 3.40. The number of nitrogens with zero attached hydrogens (tertiary/aromatic N) is 1. The van der Waals surface area contributed by atoms with Gasteiger partial charge < -0.3 is 4.74 Å². The Labute approximate surface area is 124 Å². The molecular formula is C16H21NO4. The first-order chi connectivity index (χ1) is 9.78. The molecule has 0 unspecified atom stereocenters. The lowest BCUT2D eigenvalue weighted by atomic mass is 9.89. The van der Waals surface area contributed by atoms with Crippen LogP contribution in [0.15, 0.2) is 30.3 Å². The largest absolute Gasteiger partial charge is 0.459 e. The van der Waals surface area contributed by atoms with E-state index >= 15 is 0 Å². The first kappa shape index (κ1) is 15.5. The van der Waals surface area contributed by atoms with Crippen molar-refractivity contribution in [2.75, 3.05) is 6.54 Å². The quantitative estimate of drug-likeness (QED) is 0.526. The minimum atomic E-state index is -0.936. The SMILES string of the molecule is CC(C)(C)OC(=O)[C@H]1C(=O)N(O)C[C@@H]1Cc1ccccc1. The van der Waals surface area contributed by atoms with E-state index in [1.807, 2.05) is 30.3 Å². The smallest absolute Gasteiger partial charge is 0.319 e. The van der Waals surface area contributed by atoms with Gasteiger partial charge in [0.25, 0.3) is 5.91 Å². The maximum Gasteiger partial charge on any atom is 0.319 e. The zero-order chi connectivity index (χ0) is 15.6. The van der Waals surface area contributed by atoms with E-state index < -0.39 is 23.4 Å². The average Bonchev–Trinajstić information content (AvgIpc) is 2.64. The highest BCUT2D eigenvalue weighted by Crippen LogP contribution is 2.29. The lowest BCUT2D eigenvalue weighted by molar-refractivity contribution is -0.170. The van der Waals surface area contributed by atoms with Crippen LogP contribution in [-0.4, -0.2) is 34.3 Å². The standard InChI is InChI=1S/C16H21NO4/c1-16(2,3)21-15(19)13-12(10-17(20)14(13)18)9-11-7-5-4-6-8-11/h4-8,12-13,20H,9-10H2,1-3H3/t12-,13+/m0/s1. The van der Waals surface area contributed by atoms with Crippen molar-refractivity contribution in [3.05, 3.63) is 35.9 Å². The van der Waals surface area contributed by atoms with Gasteiger partial charge in [0.05, 0.1) is 6.54 Å². The van der Waals surface area contributed by atoms with Crippen molar-refractivity contribution >= 4 is 11.9 Å². The summed E-state index contributed by atoms with van der Waals surface area (Å²) in [7, 11) is 0. The summed E-state index contributed by atoms with van der Waals surface area (Å²) in [5.74, 6) is -2.36. The molecule has 5 heteroatoms. The molecule has 0 radical (unpaired) electrons. The van der Waals surface area contributed by atoms with Gasteiger partial charge in [-0.3, -0.25) is 14.8 Å². The molecule has 114 valence electrons. The van der Waals surface area contributed by atoms with Crippen LogP contribution in [0, 0.1) is 11.8 Å². The van der Waals surface area contributed by atoms with E-state index in [2.05, 4.69) is 0 Å². The fourth-order valence-corrected chi connectivity index (χ4v) is 2.54. The number of hydroxylamine groups is 2. The lowest BCUT2D eigenvalue weighted by Crippen LogP contribution is -2.35. The topological polar surface area (TPSA) is 66.8 Å². The van der Waals surface area contributed by atoms with Crippen molar-refractivity contribution in [3.63, 3.8) is 0 Å². The lowest BCUT2D eigenvalue weighted by Gasteiger charge is -2.23. The molecular weight excluding hydrogens is 270 g/mol. The van der Waals surface area contributed by atoms with Gasteiger partial charge in [0, 0.05) is 5.92 Å². The number of esters is 1. The predicted molar refractivity (Wildman–Crippen MR) is 76.5 cm³/mol. The number of rotatable bonds is 3. The van der Waals surface area contributed by atoms with Crippen LogP contribution in [0.25, 0.3) is 0 Å². The van der Waals surface area contributed by atoms with Gasteiger partial charge in [-0.25, -0.2) is 5.06 Å². The van der Waals surface area contributed by atoms with E-state index in [1.54, 1.807) is 20.8 Å². The molecule has 0 spiro atoms. The summed E-state index contributed by atoms with van der Waals surface area (Å²) in [6.45, 7) is 5.42. The maximum atomic E-state index is 12.2. The first-order valence-electron chi connectivity index (χ1n) is 7.05. The first-order valence-corrected chi connectivity index (χ1v) is 7.05. The van der Waals surface area contributed by atoms with Crippen molar-refractivity contribution < 1.29 is 19.5 Å². The van der Waals surface area contributed by atoms with Crippen LogP contribution < -0.4 is 0 Å². The number of benzene rings is 1. The summed E-state index contributed by atoms with van der Waals surface area (Å²) >= 11 is 0. The van der Waals surface area contributed by atoms with Gasteiger partial charge in [-0.05, 0) is 32.8 Å². The number of ether oxygens (including phenoxy) is 1. The van der Waals surface area contributed by atoms with Gasteiger partial charge in [0.2, 0.25) is 0 Å². The van der Waals surface area contributed by atoms with Crippen molar-refractivity contribution in [1.82, 2.24) is 5.06 Å². The second-order valence-corrected chi connectivity index (χ2v) is 6.38. The summed E-state index contributed by atoms with van der Waals surface area (Å²) in [5.41, 5.74) is 0.372. The van der Waals surface area contributed by atoms with Crippen LogP contribution in [0.5, 0.6) is 0 Å². The van der Waals surface area contributed by atoms with Crippen LogP contribution in [0.1, 0.15) is 26.3 Å². The van der Waals surface area contributed by atoms with Crippen molar-refractivity contribution in [3.8, 4) is 0 Å². The Morgan fingerprint density at radius 3 is 2.52 bits per heavy atom. The Hall–Kier alpha value is -1.88. The normalized spacial score (nSPS) is 22.5. The number of carbonyl (C=O) groups excluding carboxylic acids is 2. The molecule has 5 nitrogen and oxygen atoms in total. The summed E-state index contributed by atoms with van der Waals surface area (Å²) in [4.78, 5) is 24.2. The third kappa shape index (κ3) is 3.82. The van der Waals surface area contributed by atoms with Crippen LogP contribution >= 0.6 is 0 Å². The van der Waals surface area contributed by atoms with E-state index in [0.717, 1.165) is 5.56 Å². The molecule has 0 saturated carbocycles. The molecule has 0 aliphatic carbocycles. The molecule has 1 aromatic carbocycles. The molecule has 2 rings (SSSR count). The van der Waals surface area contributed by atoms with Crippen LogP contribution in [0.2, 0.25) is 0 Å². The van der Waals surface area contributed by atoms with Gasteiger partial charge in [-0.1, -0.05) is 30.3 Å². The van der Waals surface area contributed by atoms with Crippen molar-refractivity contribution in [2.24, 2.45) is 11.8 Å². The maximum absolute atomic E-state index is 12.2. The molecule has 1 heterocycles. The van der Waals surface area contributed by atoms with Gasteiger partial charge >= 0.3 is 5.97 Å². The molecule has 1 amide bonds. The number of hydrogen-bond acceptors (Lipinski definition) is 4. The highest BCUT2D eigenvalue weighted by molar-refractivity contribution is 5.99. The average molecular weight is 291 g/mol. The molecule has 1 saturated heterocycles. The minimum Gasteiger partial charge on any atom is -0.459 e. The van der Waals surface area contributed by atoms with Gasteiger partial charge in [-0.15, -0.1) is 0 Å². The molecule has 1 aliphatic rings. The van der Waals surface area contributed by atoms with E-state index in [4.69, 9.17) is 4.74 Å². The zero-order valence-electron chi connectivity index (χ0n) is 12.6. The molecule has 1 aromatic rings. The fourth-order valence-electron chi connectivity index (χ4n) is 2.54.